The average molecular weight is 465 g/mol. The van der Waals surface area contributed by atoms with Gasteiger partial charge in [0, 0.05) is 14.5 Å². The van der Waals surface area contributed by atoms with E-state index in [1.807, 2.05) is 48.5 Å². The van der Waals surface area contributed by atoms with E-state index in [2.05, 4.69) is 37.2 Å². The molecule has 0 aliphatic carbocycles. The highest BCUT2D eigenvalue weighted by atomic mass is 79.9. The van der Waals surface area contributed by atoms with Gasteiger partial charge in [0.05, 0.1) is 6.54 Å². The maximum absolute atomic E-state index is 11.9. The van der Waals surface area contributed by atoms with E-state index in [4.69, 9.17) is 9.15 Å². The van der Waals surface area contributed by atoms with Crippen molar-refractivity contribution >= 4 is 37.8 Å². The van der Waals surface area contributed by atoms with Crippen molar-refractivity contribution in [2.75, 3.05) is 6.61 Å². The van der Waals surface area contributed by atoms with Crippen molar-refractivity contribution in [2.24, 2.45) is 0 Å². The molecule has 0 saturated carbocycles. The molecule has 0 atom stereocenters. The Morgan fingerprint density at radius 3 is 2.24 bits per heavy atom. The molecule has 0 fully saturated rings. The first-order valence-corrected chi connectivity index (χ1v) is 9.18. The highest BCUT2D eigenvalue weighted by molar-refractivity contribution is 9.10. The van der Waals surface area contributed by atoms with Gasteiger partial charge in [0.2, 0.25) is 0 Å². The van der Waals surface area contributed by atoms with Gasteiger partial charge >= 0.3 is 0 Å². The summed E-state index contributed by atoms with van der Waals surface area (Å²) in [6.45, 7) is 0.279. The van der Waals surface area contributed by atoms with E-state index in [9.17, 15) is 4.79 Å². The highest BCUT2D eigenvalue weighted by Crippen LogP contribution is 2.24. The smallest absolute Gasteiger partial charge is 0.258 e. The molecule has 2 aromatic carbocycles. The van der Waals surface area contributed by atoms with Gasteiger partial charge in [0.25, 0.3) is 5.91 Å². The molecule has 0 radical (unpaired) electrons. The zero-order valence-electron chi connectivity index (χ0n) is 13.2. The lowest BCUT2D eigenvalue weighted by atomic mass is 10.2. The average Bonchev–Trinajstić information content (AvgIpc) is 3.09. The number of carbonyl (C=O) groups excluding carboxylic acids is 1. The number of halogens is 2. The summed E-state index contributed by atoms with van der Waals surface area (Å²) in [6, 6.07) is 18.9. The lowest BCUT2D eigenvalue weighted by Crippen LogP contribution is -2.28. The summed E-state index contributed by atoms with van der Waals surface area (Å²) < 4.78 is 13.2. The predicted octanol–water partition coefficient (Wildman–Crippen LogP) is 5.17. The summed E-state index contributed by atoms with van der Waals surface area (Å²) >= 11 is 6.76. The molecule has 0 spiro atoms. The molecule has 0 unspecified atom stereocenters. The minimum atomic E-state index is -0.204. The summed E-state index contributed by atoms with van der Waals surface area (Å²) in [5.74, 6) is 1.90. The molecule has 1 N–H and O–H groups in total. The first-order chi connectivity index (χ1) is 12.1. The zero-order chi connectivity index (χ0) is 17.6. The number of rotatable bonds is 6. The molecule has 0 bridgehead atoms. The largest absolute Gasteiger partial charge is 0.484 e. The fourth-order valence-electron chi connectivity index (χ4n) is 2.16. The molecule has 1 aromatic heterocycles. The second kappa shape index (κ2) is 8.36. The highest BCUT2D eigenvalue weighted by Gasteiger charge is 2.07. The number of hydrogen-bond donors (Lipinski definition) is 1. The van der Waals surface area contributed by atoms with Crippen LogP contribution in [0.25, 0.3) is 11.3 Å². The first kappa shape index (κ1) is 17.8. The van der Waals surface area contributed by atoms with Gasteiger partial charge in [-0.25, -0.2) is 0 Å². The van der Waals surface area contributed by atoms with Crippen molar-refractivity contribution in [2.45, 2.75) is 6.54 Å². The van der Waals surface area contributed by atoms with Crippen molar-refractivity contribution in [1.29, 1.82) is 0 Å². The van der Waals surface area contributed by atoms with Crippen LogP contribution in [-0.4, -0.2) is 12.5 Å². The van der Waals surface area contributed by atoms with Gasteiger partial charge in [-0.05, 0) is 48.5 Å². The summed E-state index contributed by atoms with van der Waals surface area (Å²) in [6.07, 6.45) is 0. The lowest BCUT2D eigenvalue weighted by molar-refractivity contribution is -0.123. The predicted molar refractivity (Wildman–Crippen MR) is 103 cm³/mol. The third kappa shape index (κ3) is 5.21. The molecule has 4 nitrogen and oxygen atoms in total. The Kier molecular flexibility index (Phi) is 5.94. The molecule has 0 saturated heterocycles. The number of carbonyl (C=O) groups is 1. The van der Waals surface area contributed by atoms with Crippen molar-refractivity contribution < 1.29 is 13.9 Å². The molecular formula is C19H15Br2NO3. The normalized spacial score (nSPS) is 10.5. The standard InChI is InChI=1S/C19H15Br2NO3/c20-14-3-1-13(2-4-14)18-10-9-17(25-18)11-22-19(23)12-24-16-7-5-15(21)6-8-16/h1-10H,11-12H2,(H,22,23). The minimum Gasteiger partial charge on any atom is -0.484 e. The van der Waals surface area contributed by atoms with Gasteiger partial charge in [-0.3, -0.25) is 4.79 Å². The van der Waals surface area contributed by atoms with E-state index in [1.54, 1.807) is 12.1 Å². The second-order valence-electron chi connectivity index (χ2n) is 5.29. The maximum Gasteiger partial charge on any atom is 0.258 e. The Morgan fingerprint density at radius 1 is 0.920 bits per heavy atom. The van der Waals surface area contributed by atoms with Gasteiger partial charge in [-0.1, -0.05) is 44.0 Å². The van der Waals surface area contributed by atoms with Gasteiger partial charge in [0.1, 0.15) is 17.3 Å². The molecule has 3 rings (SSSR count). The SMILES string of the molecule is O=C(COc1ccc(Br)cc1)NCc1ccc(-c2ccc(Br)cc2)o1. The molecular weight excluding hydrogens is 450 g/mol. The maximum atomic E-state index is 11.9. The van der Waals surface area contributed by atoms with Gasteiger partial charge in [0.15, 0.2) is 6.61 Å². The summed E-state index contributed by atoms with van der Waals surface area (Å²) in [4.78, 5) is 11.9. The molecule has 128 valence electrons. The quantitative estimate of drug-likeness (QED) is 0.547. The van der Waals surface area contributed by atoms with Crippen LogP contribution in [0.5, 0.6) is 5.75 Å². The third-order valence-corrected chi connectivity index (χ3v) is 4.49. The number of benzene rings is 2. The second-order valence-corrected chi connectivity index (χ2v) is 7.12. The Hall–Kier alpha value is -2.05. The molecule has 3 aromatic rings. The van der Waals surface area contributed by atoms with Crippen LogP contribution in [0, 0.1) is 0 Å². The van der Waals surface area contributed by atoms with Crippen molar-refractivity contribution in [3.05, 3.63) is 75.4 Å². The molecule has 0 aliphatic heterocycles. The van der Waals surface area contributed by atoms with E-state index in [1.165, 1.54) is 0 Å². The monoisotopic (exact) mass is 463 g/mol. The molecule has 1 amide bonds. The van der Waals surface area contributed by atoms with Crippen LogP contribution in [0.15, 0.2) is 74.0 Å². The van der Waals surface area contributed by atoms with Crippen molar-refractivity contribution in [1.82, 2.24) is 5.32 Å². The molecule has 6 heteroatoms. The van der Waals surface area contributed by atoms with Crippen molar-refractivity contribution in [3.8, 4) is 17.1 Å². The van der Waals surface area contributed by atoms with Gasteiger partial charge < -0.3 is 14.5 Å². The summed E-state index contributed by atoms with van der Waals surface area (Å²) in [7, 11) is 0. The lowest BCUT2D eigenvalue weighted by Gasteiger charge is -2.06. The van der Waals surface area contributed by atoms with E-state index in [-0.39, 0.29) is 12.5 Å². The van der Waals surface area contributed by atoms with Crippen LogP contribution in [0.1, 0.15) is 5.76 Å². The van der Waals surface area contributed by atoms with Crippen LogP contribution < -0.4 is 10.1 Å². The number of ether oxygens (including phenoxy) is 1. The van der Waals surface area contributed by atoms with E-state index in [0.717, 1.165) is 20.3 Å². The van der Waals surface area contributed by atoms with E-state index < -0.39 is 0 Å². The third-order valence-electron chi connectivity index (χ3n) is 3.43. The van der Waals surface area contributed by atoms with Crippen LogP contribution in [0.2, 0.25) is 0 Å². The van der Waals surface area contributed by atoms with E-state index in [0.29, 0.717) is 18.1 Å². The Bertz CT molecular complexity index is 842. The Morgan fingerprint density at radius 2 is 1.56 bits per heavy atom. The van der Waals surface area contributed by atoms with Crippen molar-refractivity contribution in [3.63, 3.8) is 0 Å². The first-order valence-electron chi connectivity index (χ1n) is 7.60. The topological polar surface area (TPSA) is 51.5 Å². The van der Waals surface area contributed by atoms with Crippen LogP contribution >= 0.6 is 31.9 Å². The minimum absolute atomic E-state index is 0.0398. The molecule has 0 aliphatic rings. The number of amides is 1. The number of furan rings is 1. The van der Waals surface area contributed by atoms with Crippen LogP contribution in [0.3, 0.4) is 0 Å². The molecule has 1 heterocycles. The fourth-order valence-corrected chi connectivity index (χ4v) is 2.69. The van der Waals surface area contributed by atoms with Crippen LogP contribution in [0.4, 0.5) is 0 Å². The Balaban J connectivity index is 1.49. The van der Waals surface area contributed by atoms with Crippen LogP contribution in [-0.2, 0) is 11.3 Å². The fraction of sp³-hybridized carbons (Fsp3) is 0.105. The van der Waals surface area contributed by atoms with Gasteiger partial charge in [-0.15, -0.1) is 0 Å². The Labute approximate surface area is 162 Å². The zero-order valence-corrected chi connectivity index (χ0v) is 16.3. The summed E-state index contributed by atoms with van der Waals surface area (Å²) in [5, 5.41) is 2.78. The van der Waals surface area contributed by atoms with Gasteiger partial charge in [-0.2, -0.15) is 0 Å². The summed E-state index contributed by atoms with van der Waals surface area (Å²) in [5.41, 5.74) is 0.986. The number of nitrogens with one attached hydrogen (secondary N) is 1. The number of hydrogen-bond acceptors (Lipinski definition) is 3. The van der Waals surface area contributed by atoms with E-state index >= 15 is 0 Å². The molecule has 25 heavy (non-hydrogen) atoms.